The van der Waals surface area contributed by atoms with E-state index >= 15 is 0 Å². The molecule has 182 valence electrons. The highest BCUT2D eigenvalue weighted by Gasteiger charge is 2.34. The lowest BCUT2D eigenvalue weighted by atomic mass is 10.1. The minimum Gasteiger partial charge on any atom is -0.481 e. The van der Waals surface area contributed by atoms with Gasteiger partial charge in [0, 0.05) is 24.1 Å². The molecule has 2 N–H and O–H groups in total. The molecule has 3 rings (SSSR count). The number of benzene rings is 2. The highest BCUT2D eigenvalue weighted by atomic mass is 32.2. The fourth-order valence-electron chi connectivity index (χ4n) is 3.11. The summed E-state index contributed by atoms with van der Waals surface area (Å²) in [6.45, 7) is 1.67. The zero-order valence-corrected chi connectivity index (χ0v) is 18.5. The van der Waals surface area contributed by atoms with Gasteiger partial charge in [-0.2, -0.15) is 18.2 Å². The molecule has 3 aromatic rings. The van der Waals surface area contributed by atoms with E-state index < -0.39 is 33.5 Å². The standard InChI is InChI=1S/C21H19F4N3O5S/c1-2-12-10-13(6-8-17(12)34(31,32)26-9-3-4-18(29)30)19-27-20(33-28-19)14-5-7-16(22)15(11-14)21(23,24)25/h5-8,10-11,26H,2-4,9H2,1H3,(H,29,30). The zero-order chi connectivity index (χ0) is 25.1. The number of aromatic nitrogens is 2. The zero-order valence-electron chi connectivity index (χ0n) is 17.7. The van der Waals surface area contributed by atoms with E-state index in [0.29, 0.717) is 29.7 Å². The molecule has 0 radical (unpaired) electrons. The van der Waals surface area contributed by atoms with Gasteiger partial charge in [-0.1, -0.05) is 12.1 Å². The van der Waals surface area contributed by atoms with Gasteiger partial charge in [0.05, 0.1) is 10.5 Å². The summed E-state index contributed by atoms with van der Waals surface area (Å²) in [5.41, 5.74) is -0.832. The molecular formula is C21H19F4N3O5S. The highest BCUT2D eigenvalue weighted by molar-refractivity contribution is 7.89. The summed E-state index contributed by atoms with van der Waals surface area (Å²) in [4.78, 5) is 14.6. The number of nitrogens with zero attached hydrogens (tertiary/aromatic N) is 2. The summed E-state index contributed by atoms with van der Waals surface area (Å²) in [6, 6.07) is 6.53. The van der Waals surface area contributed by atoms with Crippen molar-refractivity contribution in [2.75, 3.05) is 6.54 Å². The molecule has 0 amide bonds. The second-order valence-corrected chi connectivity index (χ2v) is 8.92. The summed E-state index contributed by atoms with van der Waals surface area (Å²) in [5.74, 6) is -2.74. The lowest BCUT2D eigenvalue weighted by Gasteiger charge is -2.11. The van der Waals surface area contributed by atoms with Crippen LogP contribution in [-0.4, -0.2) is 36.2 Å². The molecule has 0 aliphatic rings. The number of hydrogen-bond donors (Lipinski definition) is 2. The lowest BCUT2D eigenvalue weighted by Crippen LogP contribution is -2.26. The molecule has 0 atom stereocenters. The van der Waals surface area contributed by atoms with Gasteiger partial charge in [0.2, 0.25) is 15.8 Å². The van der Waals surface area contributed by atoms with Gasteiger partial charge in [-0.05, 0) is 54.8 Å². The van der Waals surface area contributed by atoms with Crippen LogP contribution in [0.1, 0.15) is 30.9 Å². The highest BCUT2D eigenvalue weighted by Crippen LogP contribution is 2.34. The van der Waals surface area contributed by atoms with E-state index in [0.717, 1.165) is 6.07 Å². The minimum atomic E-state index is -4.90. The monoisotopic (exact) mass is 501 g/mol. The summed E-state index contributed by atoms with van der Waals surface area (Å²) < 4.78 is 85.1. The first-order chi connectivity index (χ1) is 15.9. The van der Waals surface area contributed by atoms with Crippen LogP contribution in [0.2, 0.25) is 0 Å². The van der Waals surface area contributed by atoms with Crippen LogP contribution >= 0.6 is 0 Å². The fourth-order valence-corrected chi connectivity index (χ4v) is 4.48. The summed E-state index contributed by atoms with van der Waals surface area (Å²) in [5, 5.41) is 12.4. The first-order valence-electron chi connectivity index (χ1n) is 9.98. The van der Waals surface area contributed by atoms with Crippen molar-refractivity contribution in [1.82, 2.24) is 14.9 Å². The Balaban J connectivity index is 1.87. The van der Waals surface area contributed by atoms with E-state index in [-0.39, 0.29) is 41.6 Å². The quantitative estimate of drug-likeness (QED) is 0.332. The molecule has 13 heteroatoms. The van der Waals surface area contributed by atoms with Gasteiger partial charge in [-0.3, -0.25) is 4.79 Å². The minimum absolute atomic E-state index is 0.000879. The predicted molar refractivity (Wildman–Crippen MR) is 112 cm³/mol. The van der Waals surface area contributed by atoms with Crippen LogP contribution in [0.25, 0.3) is 22.8 Å². The average Bonchev–Trinajstić information content (AvgIpc) is 3.26. The largest absolute Gasteiger partial charge is 0.481 e. The number of hydrogen-bond acceptors (Lipinski definition) is 6. The van der Waals surface area contributed by atoms with Gasteiger partial charge < -0.3 is 9.63 Å². The number of carboxylic acid groups (broad SMARTS) is 1. The second-order valence-electron chi connectivity index (χ2n) is 7.19. The number of carbonyl (C=O) groups is 1. The Morgan fingerprint density at radius 3 is 2.50 bits per heavy atom. The Hall–Kier alpha value is -3.32. The van der Waals surface area contributed by atoms with Gasteiger partial charge in [0.1, 0.15) is 5.82 Å². The van der Waals surface area contributed by atoms with Crippen LogP contribution in [0.15, 0.2) is 45.8 Å². The van der Waals surface area contributed by atoms with E-state index in [1.807, 2.05) is 0 Å². The summed E-state index contributed by atoms with van der Waals surface area (Å²) >= 11 is 0. The van der Waals surface area contributed by atoms with Crippen molar-refractivity contribution in [3.63, 3.8) is 0 Å². The van der Waals surface area contributed by atoms with Crippen LogP contribution in [0, 0.1) is 5.82 Å². The van der Waals surface area contributed by atoms with Crippen molar-refractivity contribution in [3.05, 3.63) is 53.3 Å². The third-order valence-corrected chi connectivity index (χ3v) is 6.35. The maximum Gasteiger partial charge on any atom is 0.419 e. The van der Waals surface area contributed by atoms with Crippen LogP contribution < -0.4 is 4.72 Å². The molecule has 1 aromatic heterocycles. The average molecular weight is 501 g/mol. The molecule has 0 saturated heterocycles. The third kappa shape index (κ3) is 5.78. The van der Waals surface area contributed by atoms with Gasteiger partial charge in [-0.15, -0.1) is 0 Å². The molecule has 0 spiro atoms. The molecule has 0 aliphatic heterocycles. The molecule has 0 fully saturated rings. The second kappa shape index (κ2) is 9.89. The summed E-state index contributed by atoms with van der Waals surface area (Å²) in [6.07, 6.45) is -4.64. The van der Waals surface area contributed by atoms with Crippen molar-refractivity contribution >= 4 is 16.0 Å². The Morgan fingerprint density at radius 2 is 1.85 bits per heavy atom. The Morgan fingerprint density at radius 1 is 1.15 bits per heavy atom. The van der Waals surface area contributed by atoms with Crippen LogP contribution in [-0.2, 0) is 27.4 Å². The number of alkyl halides is 3. The normalized spacial score (nSPS) is 12.1. The number of carboxylic acids is 1. The Kier molecular flexibility index (Phi) is 7.36. The molecule has 0 bridgehead atoms. The molecule has 0 aliphatic carbocycles. The van der Waals surface area contributed by atoms with Gasteiger partial charge in [-0.25, -0.2) is 17.5 Å². The number of aliphatic carboxylic acids is 1. The SMILES string of the molecule is CCc1cc(-c2noc(-c3ccc(F)c(C(F)(F)F)c3)n2)ccc1S(=O)(=O)NCCCC(=O)O. The van der Waals surface area contributed by atoms with E-state index in [1.165, 1.54) is 18.2 Å². The van der Waals surface area contributed by atoms with Crippen molar-refractivity contribution in [1.29, 1.82) is 0 Å². The third-order valence-electron chi connectivity index (χ3n) is 4.79. The molecule has 1 heterocycles. The maximum absolute atomic E-state index is 13.5. The predicted octanol–water partition coefficient (Wildman–Crippen LogP) is 4.27. The Labute approximate surface area is 191 Å². The molecule has 2 aromatic carbocycles. The van der Waals surface area contributed by atoms with Crippen molar-refractivity contribution in [3.8, 4) is 22.8 Å². The van der Waals surface area contributed by atoms with Gasteiger partial charge in [0.15, 0.2) is 0 Å². The summed E-state index contributed by atoms with van der Waals surface area (Å²) in [7, 11) is -3.91. The Bertz CT molecular complexity index is 1310. The molecule has 0 saturated carbocycles. The van der Waals surface area contributed by atoms with E-state index in [1.54, 1.807) is 6.92 Å². The van der Waals surface area contributed by atoms with Crippen LogP contribution in [0.5, 0.6) is 0 Å². The topological polar surface area (TPSA) is 122 Å². The molecule has 8 nitrogen and oxygen atoms in total. The van der Waals surface area contributed by atoms with Crippen LogP contribution in [0.4, 0.5) is 17.6 Å². The molecule has 34 heavy (non-hydrogen) atoms. The first kappa shape index (κ1) is 25.3. The first-order valence-corrected chi connectivity index (χ1v) is 11.5. The fraction of sp³-hybridized carbons (Fsp3) is 0.286. The number of nitrogens with one attached hydrogen (secondary N) is 1. The number of halogens is 4. The number of rotatable bonds is 9. The van der Waals surface area contributed by atoms with E-state index in [9.17, 15) is 30.8 Å². The smallest absolute Gasteiger partial charge is 0.419 e. The van der Waals surface area contributed by atoms with Gasteiger partial charge in [0.25, 0.3) is 5.89 Å². The number of aryl methyl sites for hydroxylation is 1. The maximum atomic E-state index is 13.5. The lowest BCUT2D eigenvalue weighted by molar-refractivity contribution is -0.140. The van der Waals surface area contributed by atoms with E-state index in [4.69, 9.17) is 9.63 Å². The molecule has 0 unspecified atom stereocenters. The van der Waals surface area contributed by atoms with Crippen molar-refractivity contribution < 1.29 is 40.4 Å². The number of sulfonamides is 1. The van der Waals surface area contributed by atoms with Crippen LogP contribution in [0.3, 0.4) is 0 Å². The molecular weight excluding hydrogens is 482 g/mol. The van der Waals surface area contributed by atoms with Crippen molar-refractivity contribution in [2.24, 2.45) is 0 Å². The van der Waals surface area contributed by atoms with E-state index in [2.05, 4.69) is 14.9 Å². The van der Waals surface area contributed by atoms with Crippen molar-refractivity contribution in [2.45, 2.75) is 37.3 Å². The van der Waals surface area contributed by atoms with Gasteiger partial charge >= 0.3 is 12.1 Å².